The highest BCUT2D eigenvalue weighted by Gasteiger charge is 2.25. The molecule has 1 saturated carbocycles. The van der Waals surface area contributed by atoms with E-state index in [4.69, 9.17) is 4.74 Å². The van der Waals surface area contributed by atoms with Crippen molar-refractivity contribution in [2.75, 3.05) is 6.61 Å². The van der Waals surface area contributed by atoms with E-state index in [2.05, 4.69) is 6.92 Å². The van der Waals surface area contributed by atoms with Crippen LogP contribution in [0.15, 0.2) is 54.6 Å². The summed E-state index contributed by atoms with van der Waals surface area (Å²) in [6.45, 7) is 4.53. The number of benzene rings is 3. The Balaban J connectivity index is 1.45. The highest BCUT2D eigenvalue weighted by molar-refractivity contribution is 5.73. The molecule has 0 amide bonds. The van der Waals surface area contributed by atoms with Crippen LogP contribution in [-0.4, -0.2) is 6.61 Å². The van der Waals surface area contributed by atoms with Gasteiger partial charge in [0.25, 0.3) is 0 Å². The minimum atomic E-state index is -0.789. The van der Waals surface area contributed by atoms with Crippen molar-refractivity contribution in [2.45, 2.75) is 58.3 Å². The second kappa shape index (κ2) is 11.6. The molecule has 35 heavy (non-hydrogen) atoms. The van der Waals surface area contributed by atoms with Gasteiger partial charge in [-0.25, -0.2) is 13.2 Å². The van der Waals surface area contributed by atoms with E-state index in [-0.39, 0.29) is 17.3 Å². The van der Waals surface area contributed by atoms with Crippen LogP contribution in [-0.2, 0) is 0 Å². The molecule has 4 heteroatoms. The summed E-state index contributed by atoms with van der Waals surface area (Å²) in [4.78, 5) is 0. The molecule has 1 nitrogen and oxygen atoms in total. The van der Waals surface area contributed by atoms with E-state index in [1.54, 1.807) is 36.4 Å². The first-order valence-corrected chi connectivity index (χ1v) is 12.7. The van der Waals surface area contributed by atoms with Crippen LogP contribution in [0.1, 0.15) is 75.0 Å². The van der Waals surface area contributed by atoms with Crippen molar-refractivity contribution in [1.29, 1.82) is 0 Å². The summed E-state index contributed by atoms with van der Waals surface area (Å²) in [6.07, 6.45) is 9.78. The lowest BCUT2D eigenvalue weighted by Gasteiger charge is -2.29. The number of hydrogen-bond donors (Lipinski definition) is 0. The summed E-state index contributed by atoms with van der Waals surface area (Å²) >= 11 is 0. The molecule has 0 saturated heterocycles. The monoisotopic (exact) mass is 478 g/mol. The van der Waals surface area contributed by atoms with Crippen LogP contribution in [0.4, 0.5) is 13.2 Å². The van der Waals surface area contributed by atoms with Gasteiger partial charge in [0.05, 0.1) is 6.61 Å². The second-order valence-corrected chi connectivity index (χ2v) is 9.41. The molecule has 0 unspecified atom stereocenters. The van der Waals surface area contributed by atoms with E-state index >= 15 is 0 Å². The minimum absolute atomic E-state index is 0.103. The van der Waals surface area contributed by atoms with E-state index < -0.39 is 11.6 Å². The Labute approximate surface area is 206 Å². The number of ether oxygens (including phenoxy) is 1. The Morgan fingerprint density at radius 1 is 0.829 bits per heavy atom. The summed E-state index contributed by atoms with van der Waals surface area (Å²) < 4.78 is 49.6. The summed E-state index contributed by atoms with van der Waals surface area (Å²) in [7, 11) is 0. The lowest BCUT2D eigenvalue weighted by atomic mass is 9.77. The fourth-order valence-corrected chi connectivity index (χ4v) is 5.14. The zero-order chi connectivity index (χ0) is 24.8. The molecule has 0 aliphatic heterocycles. The molecule has 4 rings (SSSR count). The fourth-order valence-electron chi connectivity index (χ4n) is 5.14. The van der Waals surface area contributed by atoms with E-state index in [0.29, 0.717) is 23.5 Å². The fraction of sp³-hybridized carbons (Fsp3) is 0.355. The lowest BCUT2D eigenvalue weighted by Crippen LogP contribution is -2.15. The average molecular weight is 479 g/mol. The van der Waals surface area contributed by atoms with Crippen LogP contribution in [0.3, 0.4) is 0 Å². The average Bonchev–Trinajstić information content (AvgIpc) is 2.87. The molecular weight excluding hydrogens is 445 g/mol. The molecular formula is C31H33F3O. The second-order valence-electron chi connectivity index (χ2n) is 9.41. The molecule has 1 fully saturated rings. The number of rotatable bonds is 8. The number of hydrogen-bond acceptors (Lipinski definition) is 1. The van der Waals surface area contributed by atoms with Crippen LogP contribution >= 0.6 is 0 Å². The number of halogens is 3. The van der Waals surface area contributed by atoms with Crippen molar-refractivity contribution in [1.82, 2.24) is 0 Å². The smallest absolute Gasteiger partial charge is 0.166 e. The molecule has 1 aliphatic rings. The van der Waals surface area contributed by atoms with Crippen LogP contribution in [0.25, 0.3) is 23.3 Å². The molecule has 0 atom stereocenters. The van der Waals surface area contributed by atoms with E-state index in [1.807, 2.05) is 31.2 Å². The Bertz CT molecular complexity index is 1160. The van der Waals surface area contributed by atoms with Gasteiger partial charge in [-0.3, -0.25) is 0 Å². The van der Waals surface area contributed by atoms with Gasteiger partial charge in [-0.15, -0.1) is 0 Å². The molecule has 1 aliphatic carbocycles. The van der Waals surface area contributed by atoms with Gasteiger partial charge in [-0.2, -0.15) is 0 Å². The molecule has 0 heterocycles. The molecule has 0 radical (unpaired) electrons. The minimum Gasteiger partial charge on any atom is -0.494 e. The molecule has 0 bridgehead atoms. The van der Waals surface area contributed by atoms with Gasteiger partial charge in [0.1, 0.15) is 11.6 Å². The maximum absolute atomic E-state index is 14.9. The third kappa shape index (κ3) is 5.98. The van der Waals surface area contributed by atoms with Crippen molar-refractivity contribution in [3.8, 4) is 16.9 Å². The Morgan fingerprint density at radius 3 is 2.23 bits per heavy atom. The Morgan fingerprint density at radius 2 is 1.57 bits per heavy atom. The Hall–Kier alpha value is -3.01. The molecule has 184 valence electrons. The quantitative estimate of drug-likeness (QED) is 0.293. The molecule has 0 N–H and O–H groups in total. The van der Waals surface area contributed by atoms with Gasteiger partial charge >= 0.3 is 0 Å². The topological polar surface area (TPSA) is 9.23 Å². The lowest BCUT2D eigenvalue weighted by molar-refractivity contribution is 0.303. The highest BCUT2D eigenvalue weighted by atomic mass is 19.2. The summed E-state index contributed by atoms with van der Waals surface area (Å²) in [5.41, 5.74) is 2.77. The van der Waals surface area contributed by atoms with Crippen LogP contribution in [0, 0.1) is 23.4 Å². The summed E-state index contributed by atoms with van der Waals surface area (Å²) in [5.74, 6) is -0.529. The first-order chi connectivity index (χ1) is 17.0. The van der Waals surface area contributed by atoms with Crippen LogP contribution < -0.4 is 4.74 Å². The predicted molar refractivity (Wildman–Crippen MR) is 138 cm³/mol. The third-order valence-corrected chi connectivity index (χ3v) is 7.05. The largest absolute Gasteiger partial charge is 0.494 e. The molecule has 3 aromatic rings. The molecule has 0 spiro atoms. The Kier molecular flexibility index (Phi) is 8.33. The third-order valence-electron chi connectivity index (χ3n) is 7.05. The predicted octanol–water partition coefficient (Wildman–Crippen LogP) is 9.41. The van der Waals surface area contributed by atoms with E-state index in [1.165, 1.54) is 18.9 Å². The maximum atomic E-state index is 14.9. The highest BCUT2D eigenvalue weighted by Crippen LogP contribution is 2.39. The van der Waals surface area contributed by atoms with Crippen molar-refractivity contribution < 1.29 is 17.9 Å². The maximum Gasteiger partial charge on any atom is 0.166 e. The standard InChI is InChI=1S/C31H33F3O/c1-3-5-21-6-13-24(14-7-21)28-18-16-25(30(33)31(28)34)15-10-22-8-11-23(12-9-22)27-19-17-26(35-4-2)20-29(27)32/h8-12,15-21,24H,3-7,13-14H2,1-2H3/b15-10+. The van der Waals surface area contributed by atoms with Crippen molar-refractivity contribution in [3.05, 3.63) is 88.7 Å². The van der Waals surface area contributed by atoms with Gasteiger partial charge in [0.15, 0.2) is 11.6 Å². The van der Waals surface area contributed by atoms with Gasteiger partial charge in [0, 0.05) is 17.2 Å². The molecule has 3 aromatic carbocycles. The van der Waals surface area contributed by atoms with Crippen LogP contribution in [0.2, 0.25) is 0 Å². The van der Waals surface area contributed by atoms with Crippen molar-refractivity contribution in [3.63, 3.8) is 0 Å². The van der Waals surface area contributed by atoms with Gasteiger partial charge < -0.3 is 4.74 Å². The first kappa shape index (κ1) is 25.1. The van der Waals surface area contributed by atoms with Crippen molar-refractivity contribution >= 4 is 12.2 Å². The van der Waals surface area contributed by atoms with Gasteiger partial charge in [-0.1, -0.05) is 68.3 Å². The normalized spacial score (nSPS) is 18.2. The van der Waals surface area contributed by atoms with Crippen molar-refractivity contribution in [2.24, 2.45) is 5.92 Å². The summed E-state index contributed by atoms with van der Waals surface area (Å²) in [5, 5.41) is 0. The van der Waals surface area contributed by atoms with E-state index in [9.17, 15) is 13.2 Å². The van der Waals surface area contributed by atoms with E-state index in [0.717, 1.165) is 42.7 Å². The summed E-state index contributed by atoms with van der Waals surface area (Å²) in [6, 6.07) is 15.5. The SMILES string of the molecule is CCCC1CCC(c2ccc(/C=C/c3ccc(-c4ccc(OCC)cc4F)cc3)c(F)c2F)CC1. The van der Waals surface area contributed by atoms with Gasteiger partial charge in [0.2, 0.25) is 0 Å². The molecule has 0 aromatic heterocycles. The zero-order valence-electron chi connectivity index (χ0n) is 20.5. The zero-order valence-corrected chi connectivity index (χ0v) is 20.5. The van der Waals surface area contributed by atoms with Crippen LogP contribution in [0.5, 0.6) is 5.75 Å². The van der Waals surface area contributed by atoms with Gasteiger partial charge in [-0.05, 0) is 73.3 Å². The first-order valence-electron chi connectivity index (χ1n) is 12.7.